The quantitative estimate of drug-likeness (QED) is 0.774. The molecule has 0 bridgehead atoms. The maximum absolute atomic E-state index is 11.5. The Morgan fingerprint density at radius 1 is 1.32 bits per heavy atom. The Balaban J connectivity index is 1.94. The molecular formula is C11H20N4O3S. The van der Waals surface area contributed by atoms with E-state index < -0.39 is 9.84 Å². The summed E-state index contributed by atoms with van der Waals surface area (Å²) in [5, 5.41) is 11.1. The number of sulfone groups is 1. The van der Waals surface area contributed by atoms with Crippen LogP contribution in [-0.4, -0.2) is 49.8 Å². The third kappa shape index (κ3) is 4.17. The van der Waals surface area contributed by atoms with E-state index in [2.05, 4.69) is 22.4 Å². The van der Waals surface area contributed by atoms with Gasteiger partial charge >= 0.3 is 6.01 Å². The molecule has 1 aliphatic heterocycles. The topological polar surface area (TPSA) is 88.3 Å². The van der Waals surface area contributed by atoms with E-state index in [0.717, 1.165) is 13.0 Å². The van der Waals surface area contributed by atoms with E-state index in [1.54, 1.807) is 0 Å². The van der Waals surface area contributed by atoms with Gasteiger partial charge in [0.25, 0.3) is 0 Å². The number of aromatic nitrogens is 2. The molecule has 0 amide bonds. The molecule has 1 saturated heterocycles. The molecular weight excluding hydrogens is 268 g/mol. The van der Waals surface area contributed by atoms with Gasteiger partial charge in [0, 0.05) is 13.1 Å². The van der Waals surface area contributed by atoms with Crippen LogP contribution in [0.2, 0.25) is 0 Å². The monoisotopic (exact) mass is 288 g/mol. The van der Waals surface area contributed by atoms with Gasteiger partial charge in [0.05, 0.1) is 18.1 Å². The molecule has 0 radical (unpaired) electrons. The van der Waals surface area contributed by atoms with E-state index in [-0.39, 0.29) is 11.5 Å². The Morgan fingerprint density at radius 2 is 2.16 bits per heavy atom. The van der Waals surface area contributed by atoms with Crippen LogP contribution < -0.4 is 10.2 Å². The first-order valence-electron chi connectivity index (χ1n) is 6.59. The van der Waals surface area contributed by atoms with Gasteiger partial charge in [0.1, 0.15) is 0 Å². The van der Waals surface area contributed by atoms with E-state index in [9.17, 15) is 8.42 Å². The predicted octanol–water partition coefficient (Wildman–Crippen LogP) is 0.194. The van der Waals surface area contributed by atoms with Gasteiger partial charge in [0.15, 0.2) is 9.84 Å². The summed E-state index contributed by atoms with van der Waals surface area (Å²) in [4.78, 5) is 1.85. The molecule has 8 heteroatoms. The zero-order valence-corrected chi connectivity index (χ0v) is 11.9. The van der Waals surface area contributed by atoms with Crippen molar-refractivity contribution >= 4 is 15.9 Å². The minimum atomic E-state index is -2.91. The lowest BCUT2D eigenvalue weighted by Crippen LogP contribution is -2.27. The highest BCUT2D eigenvalue weighted by molar-refractivity contribution is 7.91. The van der Waals surface area contributed by atoms with E-state index in [4.69, 9.17) is 4.42 Å². The van der Waals surface area contributed by atoms with Crippen molar-refractivity contribution in [1.82, 2.24) is 15.5 Å². The van der Waals surface area contributed by atoms with Crippen LogP contribution in [0.25, 0.3) is 0 Å². The van der Waals surface area contributed by atoms with Crippen LogP contribution in [-0.2, 0) is 16.4 Å². The van der Waals surface area contributed by atoms with Crippen LogP contribution in [0, 0.1) is 0 Å². The van der Waals surface area contributed by atoms with Crippen LogP contribution in [0.1, 0.15) is 25.7 Å². The fraction of sp³-hybridized carbons (Fsp3) is 0.818. The second-order valence-electron chi connectivity index (χ2n) is 4.65. The molecule has 2 heterocycles. The minimum absolute atomic E-state index is 0.152. The molecule has 19 heavy (non-hydrogen) atoms. The fourth-order valence-electron chi connectivity index (χ4n) is 1.95. The average Bonchev–Trinajstić information content (AvgIpc) is 2.75. The molecule has 108 valence electrons. The number of hydrogen-bond acceptors (Lipinski definition) is 7. The van der Waals surface area contributed by atoms with Crippen molar-refractivity contribution in [3.05, 3.63) is 5.89 Å². The highest BCUT2D eigenvalue weighted by Gasteiger charge is 2.22. The van der Waals surface area contributed by atoms with E-state index in [0.29, 0.717) is 38.0 Å². The highest BCUT2D eigenvalue weighted by atomic mass is 32.2. The highest BCUT2D eigenvalue weighted by Crippen LogP contribution is 2.15. The molecule has 1 aromatic heterocycles. The summed E-state index contributed by atoms with van der Waals surface area (Å²) >= 11 is 0. The smallest absolute Gasteiger partial charge is 0.318 e. The van der Waals surface area contributed by atoms with E-state index >= 15 is 0 Å². The lowest BCUT2D eigenvalue weighted by molar-refractivity contribution is 0.462. The zero-order valence-electron chi connectivity index (χ0n) is 11.1. The van der Waals surface area contributed by atoms with Crippen molar-refractivity contribution in [2.45, 2.75) is 26.3 Å². The second kappa shape index (κ2) is 6.33. The molecule has 1 aromatic rings. The molecule has 0 spiro atoms. The standard InChI is InChI=1S/C11H20N4O3S/c1-2-4-12-9-10-13-14-11(18-10)15-5-3-7-19(16,17)8-6-15/h12H,2-9H2,1H3. The Kier molecular flexibility index (Phi) is 4.76. The van der Waals surface area contributed by atoms with Crippen LogP contribution in [0.4, 0.5) is 6.01 Å². The lowest BCUT2D eigenvalue weighted by atomic mass is 10.4. The second-order valence-corrected chi connectivity index (χ2v) is 6.95. The molecule has 7 nitrogen and oxygen atoms in total. The number of hydrogen-bond donors (Lipinski definition) is 1. The third-order valence-electron chi connectivity index (χ3n) is 2.99. The number of rotatable bonds is 5. The first-order valence-corrected chi connectivity index (χ1v) is 8.41. The lowest BCUT2D eigenvalue weighted by Gasteiger charge is -2.15. The molecule has 1 fully saturated rings. The van der Waals surface area contributed by atoms with Crippen LogP contribution >= 0.6 is 0 Å². The average molecular weight is 288 g/mol. The van der Waals surface area contributed by atoms with Gasteiger partial charge in [-0.25, -0.2) is 8.42 Å². The first kappa shape index (κ1) is 14.3. The maximum atomic E-state index is 11.5. The van der Waals surface area contributed by atoms with Crippen LogP contribution in [0.5, 0.6) is 0 Å². The summed E-state index contributed by atoms with van der Waals surface area (Å²) in [7, 11) is -2.91. The molecule has 1 aliphatic rings. The Morgan fingerprint density at radius 3 is 2.95 bits per heavy atom. The van der Waals surface area contributed by atoms with Crippen molar-refractivity contribution in [3.63, 3.8) is 0 Å². The molecule has 0 unspecified atom stereocenters. The Labute approximate surface area is 113 Å². The Bertz CT molecular complexity index is 500. The minimum Gasteiger partial charge on any atom is -0.407 e. The molecule has 2 rings (SSSR count). The largest absolute Gasteiger partial charge is 0.407 e. The zero-order chi connectivity index (χ0) is 13.7. The molecule has 1 N–H and O–H groups in total. The van der Waals surface area contributed by atoms with Gasteiger partial charge in [-0.3, -0.25) is 0 Å². The van der Waals surface area contributed by atoms with Gasteiger partial charge < -0.3 is 14.6 Å². The van der Waals surface area contributed by atoms with Crippen molar-refractivity contribution in [3.8, 4) is 0 Å². The van der Waals surface area contributed by atoms with Gasteiger partial charge in [0.2, 0.25) is 5.89 Å². The van der Waals surface area contributed by atoms with Crippen molar-refractivity contribution in [2.24, 2.45) is 0 Å². The van der Waals surface area contributed by atoms with Crippen molar-refractivity contribution in [1.29, 1.82) is 0 Å². The normalized spacial score (nSPS) is 19.3. The van der Waals surface area contributed by atoms with E-state index in [1.807, 2.05) is 4.90 Å². The van der Waals surface area contributed by atoms with Crippen LogP contribution in [0.15, 0.2) is 4.42 Å². The summed E-state index contributed by atoms with van der Waals surface area (Å²) in [6.07, 6.45) is 1.65. The SMILES string of the molecule is CCCNCc1nnc(N2CCCS(=O)(=O)CC2)o1. The van der Waals surface area contributed by atoms with E-state index in [1.165, 1.54) is 0 Å². The number of nitrogens with one attached hydrogen (secondary N) is 1. The van der Waals surface area contributed by atoms with Gasteiger partial charge in [-0.05, 0) is 19.4 Å². The molecule has 0 aromatic carbocycles. The third-order valence-corrected chi connectivity index (χ3v) is 4.70. The number of nitrogens with zero attached hydrogens (tertiary/aromatic N) is 3. The van der Waals surface area contributed by atoms with Crippen LogP contribution in [0.3, 0.4) is 0 Å². The van der Waals surface area contributed by atoms with Gasteiger partial charge in [-0.15, -0.1) is 5.10 Å². The molecule has 0 aliphatic carbocycles. The predicted molar refractivity (Wildman–Crippen MR) is 71.8 cm³/mol. The van der Waals surface area contributed by atoms with Gasteiger partial charge in [-0.2, -0.15) is 0 Å². The first-order chi connectivity index (χ1) is 9.11. The maximum Gasteiger partial charge on any atom is 0.318 e. The molecule has 0 saturated carbocycles. The fourth-order valence-corrected chi connectivity index (χ4v) is 3.22. The summed E-state index contributed by atoms with van der Waals surface area (Å²) in [5.74, 6) is 0.928. The van der Waals surface area contributed by atoms with Gasteiger partial charge in [-0.1, -0.05) is 12.0 Å². The molecule has 0 atom stereocenters. The number of anilines is 1. The summed E-state index contributed by atoms with van der Waals surface area (Å²) in [6, 6.07) is 0.422. The van der Waals surface area contributed by atoms with Crippen molar-refractivity contribution in [2.75, 3.05) is 36.0 Å². The summed E-state index contributed by atoms with van der Waals surface area (Å²) in [6.45, 7) is 4.60. The summed E-state index contributed by atoms with van der Waals surface area (Å²) < 4.78 is 28.6. The summed E-state index contributed by atoms with van der Waals surface area (Å²) in [5.41, 5.74) is 0. The Hall–Kier alpha value is -1.15. The van der Waals surface area contributed by atoms with Crippen molar-refractivity contribution < 1.29 is 12.8 Å².